The maximum absolute atomic E-state index is 13.5. The lowest BCUT2D eigenvalue weighted by atomic mass is 9.92. The fourth-order valence-electron chi connectivity index (χ4n) is 5.14. The molecular formula is C26H42N2O5S2. The van der Waals surface area contributed by atoms with Crippen molar-refractivity contribution >= 4 is 29.4 Å². The number of carbonyl (C=O) groups is 1. The number of likely N-dealkylation sites (tertiary alicyclic amines) is 1. The molecule has 0 bridgehead atoms. The van der Waals surface area contributed by atoms with Crippen molar-refractivity contribution in [1.29, 1.82) is 0 Å². The van der Waals surface area contributed by atoms with Gasteiger partial charge >= 0.3 is 0 Å². The molecule has 2 aliphatic heterocycles. The number of ether oxygens (including phenoxy) is 1. The Kier molecular flexibility index (Phi) is 10.8. The number of nitrogens with zero attached hydrogens (tertiary/aromatic N) is 1. The summed E-state index contributed by atoms with van der Waals surface area (Å²) in [5.41, 5.74) is 1.70. The molecule has 1 aromatic rings. The van der Waals surface area contributed by atoms with E-state index >= 15 is 0 Å². The third-order valence-electron chi connectivity index (χ3n) is 7.28. The first kappa shape index (κ1) is 28.8. The number of hydrogen-bond donors (Lipinski definition) is 4. The number of aliphatic hydroxyl groups is 3. The maximum atomic E-state index is 13.5. The van der Waals surface area contributed by atoms with E-state index in [0.717, 1.165) is 31.6 Å². The molecule has 1 amide bonds. The summed E-state index contributed by atoms with van der Waals surface area (Å²) in [4.78, 5) is 15.6. The number of likely N-dealkylation sites (N-methyl/N-ethyl adjacent to an activating group) is 1. The average molecular weight is 527 g/mol. The van der Waals surface area contributed by atoms with E-state index in [9.17, 15) is 20.1 Å². The lowest BCUT2D eigenvalue weighted by molar-refractivity contribution is -0.205. The Morgan fingerprint density at radius 2 is 1.89 bits per heavy atom. The van der Waals surface area contributed by atoms with Gasteiger partial charge in [-0.3, -0.25) is 9.69 Å². The number of rotatable bonds is 10. The normalized spacial score (nSPS) is 33.4. The molecular weight excluding hydrogens is 484 g/mol. The van der Waals surface area contributed by atoms with Gasteiger partial charge in [-0.25, -0.2) is 0 Å². The lowest BCUT2D eigenvalue weighted by Gasteiger charge is -2.44. The molecule has 4 N–H and O–H groups in total. The van der Waals surface area contributed by atoms with Crippen molar-refractivity contribution in [2.24, 2.45) is 5.92 Å². The summed E-state index contributed by atoms with van der Waals surface area (Å²) < 4.78 is 6.09. The molecule has 3 rings (SSSR count). The summed E-state index contributed by atoms with van der Waals surface area (Å²) in [5.74, 6) is 1.17. The second kappa shape index (κ2) is 13.1. The van der Waals surface area contributed by atoms with Crippen LogP contribution in [0.1, 0.15) is 44.2 Å². The highest BCUT2D eigenvalue weighted by Gasteiger charge is 2.48. The van der Waals surface area contributed by atoms with E-state index < -0.39 is 35.9 Å². The van der Waals surface area contributed by atoms with Crippen molar-refractivity contribution in [3.63, 3.8) is 0 Å². The van der Waals surface area contributed by atoms with Crippen LogP contribution in [-0.4, -0.2) is 93.2 Å². The minimum Gasteiger partial charge on any atom is -0.388 e. The third-order valence-corrected chi connectivity index (χ3v) is 9.45. The standard InChI is InChI=1S/C26H42N2O5S2/c1-6-7-18-12-19(28(4)13-18)25(32)27-20(16(3)35-14-17-10-8-15(2)9-11-17)24-22(30)21(29)23(31)26(33-24)34-5/h8-11,16,18-24,26,29-31H,6-7,12-14H2,1-5H3,(H,27,32)/t16-,18+,19-,20+,21?,22?,23?,24?,26?/m0/s1. The van der Waals surface area contributed by atoms with Gasteiger partial charge in [-0.15, -0.1) is 11.8 Å². The Morgan fingerprint density at radius 3 is 2.51 bits per heavy atom. The molecule has 2 saturated heterocycles. The molecule has 0 spiro atoms. The summed E-state index contributed by atoms with van der Waals surface area (Å²) in [7, 11) is 1.99. The summed E-state index contributed by atoms with van der Waals surface area (Å²) in [5, 5.41) is 34.8. The van der Waals surface area contributed by atoms with Crippen LogP contribution in [0.3, 0.4) is 0 Å². The van der Waals surface area contributed by atoms with Crippen LogP contribution in [-0.2, 0) is 15.3 Å². The Labute approximate surface area is 218 Å². The summed E-state index contributed by atoms with van der Waals surface area (Å²) >= 11 is 2.96. The highest BCUT2D eigenvalue weighted by molar-refractivity contribution is 7.99. The van der Waals surface area contributed by atoms with E-state index in [-0.39, 0.29) is 17.2 Å². The molecule has 1 aromatic carbocycles. The third kappa shape index (κ3) is 7.15. The molecule has 9 heteroatoms. The van der Waals surface area contributed by atoms with Gasteiger partial charge in [-0.2, -0.15) is 11.8 Å². The molecule has 198 valence electrons. The minimum atomic E-state index is -1.34. The molecule has 2 aliphatic rings. The largest absolute Gasteiger partial charge is 0.388 e. The van der Waals surface area contributed by atoms with Crippen LogP contribution < -0.4 is 5.32 Å². The second-order valence-corrected chi connectivity index (χ2v) is 12.4. The fourth-order valence-corrected chi connectivity index (χ4v) is 6.89. The van der Waals surface area contributed by atoms with E-state index in [1.54, 1.807) is 18.0 Å². The number of amides is 1. The summed E-state index contributed by atoms with van der Waals surface area (Å²) in [6.07, 6.45) is 0.118. The predicted molar refractivity (Wildman–Crippen MR) is 143 cm³/mol. The van der Waals surface area contributed by atoms with Crippen LogP contribution in [0.25, 0.3) is 0 Å². The van der Waals surface area contributed by atoms with Crippen LogP contribution in [0.5, 0.6) is 0 Å². The number of aryl methyl sites for hydroxylation is 1. The molecule has 2 fully saturated rings. The van der Waals surface area contributed by atoms with Gasteiger partial charge in [-0.1, -0.05) is 50.1 Å². The monoisotopic (exact) mass is 526 g/mol. The number of thioether (sulfide) groups is 2. The lowest BCUT2D eigenvalue weighted by Crippen LogP contribution is -2.65. The molecule has 0 saturated carbocycles. The van der Waals surface area contributed by atoms with E-state index in [2.05, 4.69) is 48.3 Å². The Hall–Kier alpha value is -0.810. The van der Waals surface area contributed by atoms with Crippen LogP contribution in [0, 0.1) is 12.8 Å². The predicted octanol–water partition coefficient (Wildman–Crippen LogP) is 2.39. The van der Waals surface area contributed by atoms with E-state index in [1.807, 2.05) is 14.0 Å². The van der Waals surface area contributed by atoms with Gasteiger partial charge < -0.3 is 25.4 Å². The second-order valence-electron chi connectivity index (χ2n) is 10.1. The van der Waals surface area contributed by atoms with Gasteiger partial charge in [0.05, 0.1) is 12.1 Å². The highest BCUT2D eigenvalue weighted by atomic mass is 32.2. The van der Waals surface area contributed by atoms with Gasteiger partial charge in [0.25, 0.3) is 0 Å². The van der Waals surface area contributed by atoms with E-state index in [1.165, 1.54) is 22.9 Å². The zero-order chi connectivity index (χ0) is 25.7. The number of benzene rings is 1. The van der Waals surface area contributed by atoms with Crippen LogP contribution in [0.15, 0.2) is 24.3 Å². The number of hydrogen-bond acceptors (Lipinski definition) is 8. The molecule has 5 unspecified atom stereocenters. The fraction of sp³-hybridized carbons (Fsp3) is 0.731. The number of nitrogens with one attached hydrogen (secondary N) is 1. The zero-order valence-corrected chi connectivity index (χ0v) is 23.1. The summed E-state index contributed by atoms with van der Waals surface area (Å²) in [6, 6.07) is 7.59. The maximum Gasteiger partial charge on any atom is 0.237 e. The topological polar surface area (TPSA) is 102 Å². The smallest absolute Gasteiger partial charge is 0.237 e. The first-order valence-electron chi connectivity index (χ1n) is 12.6. The Morgan fingerprint density at radius 1 is 1.20 bits per heavy atom. The van der Waals surface area contributed by atoms with Crippen molar-refractivity contribution in [3.8, 4) is 0 Å². The van der Waals surface area contributed by atoms with E-state index in [4.69, 9.17) is 4.74 Å². The van der Waals surface area contributed by atoms with Gasteiger partial charge in [0.1, 0.15) is 29.9 Å². The molecule has 0 aromatic heterocycles. The highest BCUT2D eigenvalue weighted by Crippen LogP contribution is 2.33. The van der Waals surface area contributed by atoms with Crippen LogP contribution >= 0.6 is 23.5 Å². The van der Waals surface area contributed by atoms with Crippen molar-refractivity contribution in [3.05, 3.63) is 35.4 Å². The van der Waals surface area contributed by atoms with Crippen LogP contribution in [0.4, 0.5) is 0 Å². The van der Waals surface area contributed by atoms with Crippen molar-refractivity contribution < 1.29 is 24.9 Å². The molecule has 0 aliphatic carbocycles. The SMILES string of the molecule is CCC[C@@H]1C[C@@H](C(=O)N[C@@H](C2OC(SC)C(O)C(O)C2O)[C@H](C)SCc2ccc(C)cc2)N(C)C1. The molecule has 9 atom stereocenters. The Bertz CT molecular complexity index is 811. The van der Waals surface area contributed by atoms with Crippen molar-refractivity contribution in [2.75, 3.05) is 19.8 Å². The average Bonchev–Trinajstić information content (AvgIpc) is 3.21. The first-order chi connectivity index (χ1) is 16.7. The van der Waals surface area contributed by atoms with Crippen molar-refractivity contribution in [1.82, 2.24) is 10.2 Å². The first-order valence-corrected chi connectivity index (χ1v) is 14.9. The molecule has 2 heterocycles. The van der Waals surface area contributed by atoms with Gasteiger partial charge in [0, 0.05) is 17.5 Å². The summed E-state index contributed by atoms with van der Waals surface area (Å²) in [6.45, 7) is 7.14. The van der Waals surface area contributed by atoms with Gasteiger partial charge in [0.15, 0.2) is 0 Å². The molecule has 35 heavy (non-hydrogen) atoms. The van der Waals surface area contributed by atoms with Gasteiger partial charge in [-0.05, 0) is 44.6 Å². The van der Waals surface area contributed by atoms with E-state index in [0.29, 0.717) is 5.92 Å². The molecule has 7 nitrogen and oxygen atoms in total. The Balaban J connectivity index is 1.77. The van der Waals surface area contributed by atoms with Gasteiger partial charge in [0.2, 0.25) is 5.91 Å². The van der Waals surface area contributed by atoms with Crippen LogP contribution in [0.2, 0.25) is 0 Å². The zero-order valence-electron chi connectivity index (χ0n) is 21.5. The number of carbonyl (C=O) groups excluding carboxylic acids is 1. The number of aliphatic hydroxyl groups excluding tert-OH is 3. The molecule has 0 radical (unpaired) electrons. The quantitative estimate of drug-likeness (QED) is 0.369. The van der Waals surface area contributed by atoms with Crippen molar-refractivity contribution in [2.45, 2.75) is 93.0 Å². The minimum absolute atomic E-state index is 0.0731.